The first kappa shape index (κ1) is 26.2. The molecule has 2 aromatic carbocycles. The molecule has 186 valence electrons. The van der Waals surface area contributed by atoms with Gasteiger partial charge in [0.1, 0.15) is 40.4 Å². The van der Waals surface area contributed by atoms with Gasteiger partial charge in [-0.1, -0.05) is 0 Å². The van der Waals surface area contributed by atoms with Gasteiger partial charge in [0, 0.05) is 36.3 Å². The molecule has 0 fully saturated rings. The number of hydrogen-bond donors (Lipinski definition) is 4. The number of benzene rings is 2. The van der Waals surface area contributed by atoms with E-state index in [1.54, 1.807) is 0 Å². The van der Waals surface area contributed by atoms with Crippen molar-refractivity contribution in [2.45, 2.75) is 6.54 Å². The van der Waals surface area contributed by atoms with Gasteiger partial charge in [0.15, 0.2) is 11.6 Å². The summed E-state index contributed by atoms with van der Waals surface area (Å²) in [4.78, 5) is 24.8. The summed E-state index contributed by atoms with van der Waals surface area (Å²) in [5.74, 6) is -2.60. The van der Waals surface area contributed by atoms with Crippen LogP contribution in [0.5, 0.6) is 11.5 Å². The maximum absolute atomic E-state index is 14.7. The molecule has 0 aliphatic heterocycles. The van der Waals surface area contributed by atoms with E-state index < -0.39 is 23.4 Å². The van der Waals surface area contributed by atoms with Crippen LogP contribution in [0.25, 0.3) is 0 Å². The van der Waals surface area contributed by atoms with Crippen LogP contribution in [-0.4, -0.2) is 20.9 Å². The van der Waals surface area contributed by atoms with Gasteiger partial charge in [0.05, 0.1) is 12.2 Å². The molecule has 0 atom stereocenters. The van der Waals surface area contributed by atoms with Crippen LogP contribution in [0.4, 0.5) is 36.2 Å². The van der Waals surface area contributed by atoms with Gasteiger partial charge < -0.3 is 26.8 Å². The van der Waals surface area contributed by atoms with Crippen molar-refractivity contribution in [1.82, 2.24) is 15.0 Å². The topological polar surface area (TPSA) is 141 Å². The van der Waals surface area contributed by atoms with Crippen molar-refractivity contribution in [2.75, 3.05) is 16.4 Å². The van der Waals surface area contributed by atoms with Crippen molar-refractivity contribution >= 4 is 41.3 Å². The molecule has 2 heterocycles. The molecule has 9 nitrogen and oxygen atoms in total. The van der Waals surface area contributed by atoms with E-state index in [9.17, 15) is 18.0 Å². The number of nitrogens with two attached hydrogens (primary N) is 2. The van der Waals surface area contributed by atoms with Crippen molar-refractivity contribution in [1.29, 1.82) is 0 Å². The standard InChI is InChI=1S/C23H18F3N7O2.ClH/c24-12-1-3-18(16(25)7-12)32-23(34)15-11-30-21(10-27)33-22(15)31-13-2-4-19(17(26)8-13)35-14-5-6-29-20(28)9-14;/h1-9,11H,10,27H2,(H2,28,29)(H,32,34)(H,30,31,33);1H. The molecule has 6 N–H and O–H groups in total. The van der Waals surface area contributed by atoms with Crippen LogP contribution in [0, 0.1) is 17.5 Å². The Labute approximate surface area is 209 Å². The zero-order valence-corrected chi connectivity index (χ0v) is 19.2. The highest BCUT2D eigenvalue weighted by atomic mass is 35.5. The zero-order valence-electron chi connectivity index (χ0n) is 18.3. The molecular weight excluding hydrogens is 499 g/mol. The summed E-state index contributed by atoms with van der Waals surface area (Å²) in [7, 11) is 0. The summed E-state index contributed by atoms with van der Waals surface area (Å²) in [6.07, 6.45) is 2.61. The molecule has 0 saturated carbocycles. The van der Waals surface area contributed by atoms with Crippen LogP contribution in [0.15, 0.2) is 60.9 Å². The van der Waals surface area contributed by atoms with E-state index in [0.29, 0.717) is 11.8 Å². The van der Waals surface area contributed by atoms with E-state index in [2.05, 4.69) is 25.6 Å². The predicted molar refractivity (Wildman–Crippen MR) is 130 cm³/mol. The summed E-state index contributed by atoms with van der Waals surface area (Å²) < 4.78 is 47.3. The van der Waals surface area contributed by atoms with E-state index in [4.69, 9.17) is 16.2 Å². The Morgan fingerprint density at radius 3 is 2.50 bits per heavy atom. The predicted octanol–water partition coefficient (Wildman–Crippen LogP) is 4.54. The lowest BCUT2D eigenvalue weighted by Gasteiger charge is -2.14. The van der Waals surface area contributed by atoms with Gasteiger partial charge in [-0.3, -0.25) is 4.79 Å². The number of nitrogens with zero attached hydrogens (tertiary/aromatic N) is 3. The lowest BCUT2D eigenvalue weighted by Crippen LogP contribution is -2.17. The van der Waals surface area contributed by atoms with Gasteiger partial charge in [0.25, 0.3) is 5.91 Å². The van der Waals surface area contributed by atoms with E-state index >= 15 is 0 Å². The lowest BCUT2D eigenvalue weighted by atomic mass is 10.2. The maximum Gasteiger partial charge on any atom is 0.261 e. The number of pyridine rings is 1. The Bertz CT molecular complexity index is 1410. The van der Waals surface area contributed by atoms with Crippen LogP contribution in [0.2, 0.25) is 0 Å². The van der Waals surface area contributed by atoms with Crippen molar-refractivity contribution < 1.29 is 22.7 Å². The number of aromatic nitrogens is 3. The molecule has 2 aromatic heterocycles. The van der Waals surface area contributed by atoms with Crippen molar-refractivity contribution in [3.63, 3.8) is 0 Å². The minimum Gasteiger partial charge on any atom is -0.454 e. The number of nitrogens with one attached hydrogen (secondary N) is 2. The number of anilines is 4. The van der Waals surface area contributed by atoms with Crippen LogP contribution in [0.3, 0.4) is 0 Å². The Kier molecular flexibility index (Phi) is 8.25. The summed E-state index contributed by atoms with van der Waals surface area (Å²) in [6, 6.07) is 9.66. The minimum atomic E-state index is -0.957. The van der Waals surface area contributed by atoms with Crippen LogP contribution in [-0.2, 0) is 6.54 Å². The molecule has 0 radical (unpaired) electrons. The fourth-order valence-corrected chi connectivity index (χ4v) is 2.98. The third-order valence-electron chi connectivity index (χ3n) is 4.62. The molecular formula is C23H19ClF3N7O2. The second-order valence-corrected chi connectivity index (χ2v) is 7.12. The monoisotopic (exact) mass is 517 g/mol. The van der Waals surface area contributed by atoms with Gasteiger partial charge in [-0.2, -0.15) is 0 Å². The van der Waals surface area contributed by atoms with E-state index in [1.807, 2.05) is 0 Å². The SMILES string of the molecule is Cl.NCc1ncc(C(=O)Nc2ccc(F)cc2F)c(Nc2ccc(Oc3ccnc(N)c3)c(F)c2)n1. The first-order valence-corrected chi connectivity index (χ1v) is 10.1. The van der Waals surface area contributed by atoms with Gasteiger partial charge >= 0.3 is 0 Å². The van der Waals surface area contributed by atoms with Crippen molar-refractivity contribution in [2.24, 2.45) is 5.73 Å². The molecule has 4 aromatic rings. The average molecular weight is 518 g/mol. The van der Waals surface area contributed by atoms with E-state index in [-0.39, 0.29) is 59.1 Å². The Balaban J connectivity index is 0.00000361. The number of rotatable bonds is 7. The molecule has 0 bridgehead atoms. The summed E-state index contributed by atoms with van der Waals surface area (Å²) in [6.45, 7) is -0.0284. The number of carbonyl (C=O) groups is 1. The largest absolute Gasteiger partial charge is 0.454 e. The first-order chi connectivity index (χ1) is 16.8. The van der Waals surface area contributed by atoms with Crippen LogP contribution < -0.4 is 26.8 Å². The van der Waals surface area contributed by atoms with Crippen LogP contribution >= 0.6 is 12.4 Å². The Morgan fingerprint density at radius 1 is 1.00 bits per heavy atom. The molecule has 0 unspecified atom stereocenters. The highest BCUT2D eigenvalue weighted by Gasteiger charge is 2.18. The normalized spacial score (nSPS) is 10.3. The molecule has 0 aliphatic carbocycles. The van der Waals surface area contributed by atoms with E-state index in [0.717, 1.165) is 18.2 Å². The summed E-state index contributed by atoms with van der Waals surface area (Å²) >= 11 is 0. The summed E-state index contributed by atoms with van der Waals surface area (Å²) in [5.41, 5.74) is 11.1. The number of carbonyl (C=O) groups excluding carboxylic acids is 1. The minimum absolute atomic E-state index is 0. The third-order valence-corrected chi connectivity index (χ3v) is 4.62. The van der Waals surface area contributed by atoms with Gasteiger partial charge in [-0.25, -0.2) is 28.1 Å². The molecule has 0 aliphatic rings. The molecule has 0 saturated heterocycles. The molecule has 4 rings (SSSR count). The fourth-order valence-electron chi connectivity index (χ4n) is 2.98. The van der Waals surface area contributed by atoms with E-state index in [1.165, 1.54) is 36.7 Å². The Morgan fingerprint density at radius 2 is 1.81 bits per heavy atom. The maximum atomic E-state index is 14.7. The van der Waals surface area contributed by atoms with Crippen molar-refractivity contribution in [3.05, 3.63) is 89.8 Å². The highest BCUT2D eigenvalue weighted by molar-refractivity contribution is 6.07. The fraction of sp³-hybridized carbons (Fsp3) is 0.0435. The smallest absolute Gasteiger partial charge is 0.261 e. The second kappa shape index (κ2) is 11.3. The molecule has 1 amide bonds. The average Bonchev–Trinajstić information content (AvgIpc) is 2.82. The van der Waals surface area contributed by atoms with Gasteiger partial charge in [-0.15, -0.1) is 12.4 Å². The van der Waals surface area contributed by atoms with Crippen LogP contribution in [0.1, 0.15) is 16.2 Å². The molecule has 13 heteroatoms. The Hall–Kier alpha value is -4.42. The third kappa shape index (κ3) is 6.17. The summed E-state index contributed by atoms with van der Waals surface area (Å²) in [5, 5.41) is 5.16. The lowest BCUT2D eigenvalue weighted by molar-refractivity contribution is 0.102. The number of nitrogen functional groups attached to an aromatic ring is 1. The zero-order chi connectivity index (χ0) is 24.9. The second-order valence-electron chi connectivity index (χ2n) is 7.12. The first-order valence-electron chi connectivity index (χ1n) is 10.1. The molecule has 0 spiro atoms. The number of hydrogen-bond acceptors (Lipinski definition) is 8. The quantitative estimate of drug-likeness (QED) is 0.280. The van der Waals surface area contributed by atoms with Crippen molar-refractivity contribution in [3.8, 4) is 11.5 Å². The van der Waals surface area contributed by atoms with Gasteiger partial charge in [0.2, 0.25) is 0 Å². The number of amides is 1. The molecule has 36 heavy (non-hydrogen) atoms. The van der Waals surface area contributed by atoms with Gasteiger partial charge in [-0.05, 0) is 30.3 Å². The number of halogens is 4. The number of ether oxygens (including phenoxy) is 1. The highest BCUT2D eigenvalue weighted by Crippen LogP contribution is 2.29.